The summed E-state index contributed by atoms with van der Waals surface area (Å²) in [5, 5.41) is 10.7. The number of rotatable bonds is 8. The van der Waals surface area contributed by atoms with Gasteiger partial charge in [0.1, 0.15) is 0 Å². The Morgan fingerprint density at radius 1 is 0.286 bits per heavy atom. The minimum Gasteiger partial charge on any atom is -0.309 e. The zero-order valence-electron chi connectivity index (χ0n) is 42.1. The fourth-order valence-electron chi connectivity index (χ4n) is 13.9. The van der Waals surface area contributed by atoms with Crippen LogP contribution in [0.15, 0.2) is 285 Å². The van der Waals surface area contributed by atoms with Gasteiger partial charge in [0.25, 0.3) is 0 Å². The van der Waals surface area contributed by atoms with Crippen LogP contribution in [-0.4, -0.2) is 12.6 Å². The van der Waals surface area contributed by atoms with Crippen LogP contribution in [0.3, 0.4) is 0 Å². The molecule has 1 nitrogen and oxygen atoms in total. The van der Waals surface area contributed by atoms with E-state index in [0.717, 1.165) is 0 Å². The summed E-state index contributed by atoms with van der Waals surface area (Å²) in [6.07, 6.45) is 0. The van der Waals surface area contributed by atoms with Crippen molar-refractivity contribution in [2.24, 2.45) is 0 Å². The third-order valence-corrected chi connectivity index (χ3v) is 23.0. The van der Waals surface area contributed by atoms with Gasteiger partial charge in [0.15, 0.2) is 8.07 Å². The Bertz CT molecular complexity index is 4530. The number of hydrogen-bond donors (Lipinski definition) is 0. The fraction of sp³-hybridized carbons (Fsp3) is 0.0270. The normalized spacial score (nSPS) is 14.5. The summed E-state index contributed by atoms with van der Waals surface area (Å²) in [5.74, 6) is 0.0131. The van der Waals surface area contributed by atoms with Gasteiger partial charge in [-0.25, -0.2) is 0 Å². The highest BCUT2D eigenvalue weighted by molar-refractivity contribution is 7.25. The van der Waals surface area contributed by atoms with Gasteiger partial charge in [-0.05, 0) is 136 Å². The van der Waals surface area contributed by atoms with Crippen molar-refractivity contribution in [3.63, 3.8) is 0 Å². The summed E-state index contributed by atoms with van der Waals surface area (Å²) in [5.41, 5.74) is 19.6. The van der Waals surface area contributed by atoms with Crippen molar-refractivity contribution in [1.29, 1.82) is 0 Å². The van der Waals surface area contributed by atoms with Gasteiger partial charge in [-0.3, -0.25) is 0 Å². The third-order valence-electron chi connectivity index (χ3n) is 17.1. The Hall–Kier alpha value is -9.12. The minimum absolute atomic E-state index is 0.0403. The molecule has 2 bridgehead atoms. The largest absolute Gasteiger partial charge is 0.309 e. The molecule has 0 amide bonds. The first-order chi connectivity index (χ1) is 38.2. The lowest BCUT2D eigenvalue weighted by molar-refractivity contribution is 0.752. The number of para-hydroxylation sites is 1. The molecular formula is C74H49NSSi. The zero-order valence-corrected chi connectivity index (χ0v) is 44.0. The van der Waals surface area contributed by atoms with E-state index in [1.54, 1.807) is 0 Å². The molecule has 2 atom stereocenters. The van der Waals surface area contributed by atoms with Gasteiger partial charge in [-0.2, -0.15) is 0 Å². The molecule has 12 aromatic carbocycles. The van der Waals surface area contributed by atoms with Crippen molar-refractivity contribution >= 4 is 82.1 Å². The quantitative estimate of drug-likeness (QED) is 0.106. The van der Waals surface area contributed by atoms with Crippen LogP contribution >= 0.6 is 11.3 Å². The lowest BCUT2D eigenvalue weighted by Gasteiger charge is -2.47. The van der Waals surface area contributed by atoms with Gasteiger partial charge in [0.2, 0.25) is 0 Å². The maximum atomic E-state index is 2.60. The maximum Gasteiger partial charge on any atom is 0.179 e. The van der Waals surface area contributed by atoms with Crippen LogP contribution in [0, 0.1) is 0 Å². The molecule has 2 aromatic heterocycles. The molecule has 0 radical (unpaired) electrons. The van der Waals surface area contributed by atoms with E-state index in [4.69, 9.17) is 0 Å². The Morgan fingerprint density at radius 3 is 1.48 bits per heavy atom. The van der Waals surface area contributed by atoms with Crippen LogP contribution in [-0.2, 0) is 0 Å². The van der Waals surface area contributed by atoms with E-state index < -0.39 is 8.07 Å². The highest BCUT2D eigenvalue weighted by Gasteiger charge is 2.50. The summed E-state index contributed by atoms with van der Waals surface area (Å²) in [6, 6.07) is 109. The van der Waals surface area contributed by atoms with Crippen LogP contribution in [0.4, 0.5) is 0 Å². The molecule has 2 unspecified atom stereocenters. The molecule has 14 aromatic rings. The Labute approximate surface area is 453 Å². The van der Waals surface area contributed by atoms with Crippen molar-refractivity contribution in [2.75, 3.05) is 0 Å². The van der Waals surface area contributed by atoms with E-state index in [9.17, 15) is 0 Å². The second kappa shape index (κ2) is 17.5. The van der Waals surface area contributed by atoms with Gasteiger partial charge in [-0.1, -0.05) is 237 Å². The van der Waals surface area contributed by atoms with E-state index >= 15 is 0 Å². The lowest BCUT2D eigenvalue weighted by atomic mass is 9.60. The topological polar surface area (TPSA) is 4.93 Å². The molecular weight excluding hydrogens is 963 g/mol. The molecule has 17 rings (SSSR count). The number of thiophene rings is 1. The SMILES string of the molecule is c1ccc(-c2cc(-c3ccccc3)cc([Si](c3ccccc3)(c3ccccc3)c3cccc4c3C3c5ccccc5C4c4cccc(-n5c6ccccc6c6cc(-c7ccc8sc9ccccc9c8c7)ccc65)c43)c2)cc1. The highest BCUT2D eigenvalue weighted by Crippen LogP contribution is 2.57. The van der Waals surface area contributed by atoms with Crippen LogP contribution in [0.5, 0.6) is 0 Å². The Kier molecular flexibility index (Phi) is 10.0. The lowest BCUT2D eigenvalue weighted by Crippen LogP contribution is -2.75. The van der Waals surface area contributed by atoms with E-state index in [2.05, 4.69) is 290 Å². The zero-order chi connectivity index (χ0) is 50.6. The summed E-state index contributed by atoms with van der Waals surface area (Å²) < 4.78 is 5.26. The molecule has 3 aliphatic rings. The van der Waals surface area contributed by atoms with Crippen LogP contribution in [0.25, 0.3) is 81.0 Å². The first-order valence-corrected chi connectivity index (χ1v) is 29.7. The molecule has 0 saturated carbocycles. The predicted molar refractivity (Wildman–Crippen MR) is 328 cm³/mol. The number of benzene rings is 12. The van der Waals surface area contributed by atoms with E-state index in [1.807, 2.05) is 11.3 Å². The average Bonchev–Trinajstić information content (AvgIpc) is 4.19. The molecule has 3 heteroatoms. The number of fused-ring (bicyclic) bond motifs is 6. The number of hydrogen-bond acceptors (Lipinski definition) is 1. The first kappa shape index (κ1) is 44.2. The standard InChI is InChI=1S/C74H49NSSi/c1-5-21-48(22-6-1)52-43-53(49-23-7-2-8-24-49)45-56(44-52)77(54-25-9-3-10-26-54,55-27-11-4-12-28-55)70-38-20-34-62-71-59-31-13-14-32-60(59)74(73(62)70)72-61(71)33-19-36-67(72)75-65-35-17-15-29-57(65)63-46-50(39-41-66(63)75)51-40-42-69-64(47-51)58-30-16-18-37-68(58)76-69/h1-47,71,74H. The predicted octanol–water partition coefficient (Wildman–Crippen LogP) is 16.5. The van der Waals surface area contributed by atoms with Gasteiger partial charge >= 0.3 is 0 Å². The summed E-state index contributed by atoms with van der Waals surface area (Å²) in [7, 11) is -3.23. The molecule has 3 aliphatic carbocycles. The monoisotopic (exact) mass is 1010 g/mol. The molecule has 0 spiro atoms. The van der Waals surface area contributed by atoms with Crippen molar-refractivity contribution in [1.82, 2.24) is 4.57 Å². The molecule has 77 heavy (non-hydrogen) atoms. The number of nitrogens with zero attached hydrogens (tertiary/aromatic N) is 1. The Balaban J connectivity index is 0.968. The molecule has 0 aliphatic heterocycles. The summed E-state index contributed by atoms with van der Waals surface area (Å²) in [6.45, 7) is 0. The van der Waals surface area contributed by atoms with Gasteiger partial charge < -0.3 is 4.57 Å². The van der Waals surface area contributed by atoms with Crippen molar-refractivity contribution in [3.8, 4) is 39.1 Å². The highest BCUT2D eigenvalue weighted by atomic mass is 32.1. The van der Waals surface area contributed by atoms with E-state index in [1.165, 1.54) is 135 Å². The molecule has 0 N–H and O–H groups in total. The first-order valence-electron chi connectivity index (χ1n) is 26.9. The van der Waals surface area contributed by atoms with Crippen molar-refractivity contribution < 1.29 is 0 Å². The third kappa shape index (κ3) is 6.64. The Morgan fingerprint density at radius 2 is 0.792 bits per heavy atom. The van der Waals surface area contributed by atoms with Crippen LogP contribution in [0.2, 0.25) is 0 Å². The average molecular weight is 1010 g/mol. The molecule has 0 saturated heterocycles. The summed E-state index contributed by atoms with van der Waals surface area (Å²) in [4.78, 5) is 0. The van der Waals surface area contributed by atoms with Gasteiger partial charge in [-0.15, -0.1) is 11.3 Å². The minimum atomic E-state index is -3.23. The van der Waals surface area contributed by atoms with Crippen molar-refractivity contribution in [3.05, 3.63) is 318 Å². The second-order valence-electron chi connectivity index (χ2n) is 21.0. The molecule has 360 valence electrons. The smallest absolute Gasteiger partial charge is 0.179 e. The molecule has 0 fully saturated rings. The van der Waals surface area contributed by atoms with Gasteiger partial charge in [0.05, 0.1) is 16.7 Å². The maximum absolute atomic E-state index is 3.23. The second-order valence-corrected chi connectivity index (χ2v) is 25.8. The van der Waals surface area contributed by atoms with Crippen LogP contribution in [0.1, 0.15) is 45.2 Å². The summed E-state index contributed by atoms with van der Waals surface area (Å²) >= 11 is 1.88. The molecule has 2 heterocycles. The van der Waals surface area contributed by atoms with Crippen molar-refractivity contribution in [2.45, 2.75) is 11.8 Å². The van der Waals surface area contributed by atoms with E-state index in [-0.39, 0.29) is 11.8 Å². The van der Waals surface area contributed by atoms with E-state index in [0.29, 0.717) is 0 Å². The fourth-order valence-corrected chi connectivity index (χ4v) is 20.1. The number of aromatic nitrogens is 1. The van der Waals surface area contributed by atoms with Crippen LogP contribution < -0.4 is 20.7 Å². The van der Waals surface area contributed by atoms with Gasteiger partial charge in [0, 0.05) is 42.8 Å².